The van der Waals surface area contributed by atoms with Gasteiger partial charge in [-0.25, -0.2) is 0 Å². The van der Waals surface area contributed by atoms with Gasteiger partial charge in [-0.2, -0.15) is 0 Å². The van der Waals surface area contributed by atoms with Crippen LogP contribution < -0.4 is 10.6 Å². The van der Waals surface area contributed by atoms with Gasteiger partial charge in [-0.1, -0.05) is 38.8 Å². The first-order valence-electron chi connectivity index (χ1n) is 7.11. The Labute approximate surface area is 115 Å². The zero-order valence-electron chi connectivity index (χ0n) is 11.8. The predicted molar refractivity (Wildman–Crippen MR) is 76.6 cm³/mol. The molecule has 1 fully saturated rings. The van der Waals surface area contributed by atoms with Crippen molar-refractivity contribution < 1.29 is 9.59 Å². The number of carbonyl (C=O) groups excluding carboxylic acids is 2. The standard InChI is InChI=1S/C15H24N2O2/c1-3-5-7-9-14(18)16-12-11-13(12)17-15(19)10-8-6-4-2/h7-10,12-13H,3-6,11H2,1-2H3,(H,16,18)(H,17,19)/t12-,13+. The van der Waals surface area contributed by atoms with Gasteiger partial charge in [-0.3, -0.25) is 9.59 Å². The Morgan fingerprint density at radius 2 is 1.37 bits per heavy atom. The molecule has 2 amide bonds. The SMILES string of the molecule is CCCC=CC(=O)N[C@H]1C[C@H]1NC(=O)C=CCCC. The van der Waals surface area contributed by atoms with Gasteiger partial charge in [0.25, 0.3) is 0 Å². The molecule has 1 saturated carbocycles. The molecule has 0 spiro atoms. The van der Waals surface area contributed by atoms with Gasteiger partial charge in [0, 0.05) is 0 Å². The fourth-order valence-corrected chi connectivity index (χ4v) is 1.69. The van der Waals surface area contributed by atoms with Gasteiger partial charge in [0.05, 0.1) is 12.1 Å². The predicted octanol–water partition coefficient (Wildman–Crippen LogP) is 2.07. The Kier molecular flexibility index (Phi) is 6.93. The van der Waals surface area contributed by atoms with E-state index in [9.17, 15) is 9.59 Å². The van der Waals surface area contributed by atoms with Gasteiger partial charge >= 0.3 is 0 Å². The Balaban J connectivity index is 2.17. The van der Waals surface area contributed by atoms with Gasteiger partial charge in [0.15, 0.2) is 0 Å². The molecule has 1 aliphatic carbocycles. The highest BCUT2D eigenvalue weighted by atomic mass is 16.2. The summed E-state index contributed by atoms with van der Waals surface area (Å²) in [6, 6.07) is 0.171. The summed E-state index contributed by atoms with van der Waals surface area (Å²) in [4.78, 5) is 23.0. The van der Waals surface area contributed by atoms with E-state index >= 15 is 0 Å². The molecule has 1 rings (SSSR count). The third kappa shape index (κ3) is 6.79. The molecule has 4 heteroatoms. The maximum atomic E-state index is 11.5. The lowest BCUT2D eigenvalue weighted by molar-refractivity contribution is -0.118. The quantitative estimate of drug-likeness (QED) is 0.659. The van der Waals surface area contributed by atoms with Gasteiger partial charge in [-0.15, -0.1) is 0 Å². The van der Waals surface area contributed by atoms with E-state index in [-0.39, 0.29) is 23.9 Å². The lowest BCUT2D eigenvalue weighted by Crippen LogP contribution is -2.33. The summed E-state index contributed by atoms with van der Waals surface area (Å²) in [5, 5.41) is 5.74. The molecule has 0 radical (unpaired) electrons. The molecule has 2 N–H and O–H groups in total. The van der Waals surface area contributed by atoms with Crippen LogP contribution in [0.3, 0.4) is 0 Å². The molecule has 0 aromatic heterocycles. The van der Waals surface area contributed by atoms with E-state index in [4.69, 9.17) is 0 Å². The Morgan fingerprint density at radius 3 is 1.74 bits per heavy atom. The molecular weight excluding hydrogens is 240 g/mol. The maximum Gasteiger partial charge on any atom is 0.243 e. The van der Waals surface area contributed by atoms with E-state index in [0.717, 1.165) is 32.1 Å². The highest BCUT2D eigenvalue weighted by Gasteiger charge is 2.38. The summed E-state index contributed by atoms with van der Waals surface area (Å²) in [6.07, 6.45) is 11.6. The smallest absolute Gasteiger partial charge is 0.243 e. The van der Waals surface area contributed by atoms with Crippen LogP contribution in [-0.4, -0.2) is 23.9 Å². The minimum atomic E-state index is -0.0725. The van der Waals surface area contributed by atoms with E-state index in [0.29, 0.717) is 0 Å². The van der Waals surface area contributed by atoms with Crippen LogP contribution in [0.25, 0.3) is 0 Å². The maximum absolute atomic E-state index is 11.5. The van der Waals surface area contributed by atoms with E-state index < -0.39 is 0 Å². The zero-order valence-corrected chi connectivity index (χ0v) is 11.8. The first-order valence-corrected chi connectivity index (χ1v) is 7.11. The summed E-state index contributed by atoms with van der Waals surface area (Å²) in [5.41, 5.74) is 0. The highest BCUT2D eigenvalue weighted by Crippen LogP contribution is 2.20. The van der Waals surface area contributed by atoms with E-state index in [1.807, 2.05) is 12.2 Å². The zero-order chi connectivity index (χ0) is 14.1. The Morgan fingerprint density at radius 1 is 0.947 bits per heavy atom. The number of amides is 2. The number of rotatable bonds is 8. The van der Waals surface area contributed by atoms with Crippen molar-refractivity contribution in [1.29, 1.82) is 0 Å². The third-order valence-electron chi connectivity index (χ3n) is 2.89. The van der Waals surface area contributed by atoms with Crippen LogP contribution >= 0.6 is 0 Å². The Bertz CT molecular complexity index is 327. The second-order valence-corrected chi connectivity index (χ2v) is 4.85. The summed E-state index contributed by atoms with van der Waals surface area (Å²) in [7, 11) is 0. The minimum Gasteiger partial charge on any atom is -0.348 e. The van der Waals surface area contributed by atoms with Crippen molar-refractivity contribution in [3.05, 3.63) is 24.3 Å². The largest absolute Gasteiger partial charge is 0.348 e. The number of allylic oxidation sites excluding steroid dienone is 2. The second kappa shape index (κ2) is 8.51. The third-order valence-corrected chi connectivity index (χ3v) is 2.89. The van der Waals surface area contributed by atoms with Crippen molar-refractivity contribution in [3.8, 4) is 0 Å². The Hall–Kier alpha value is -1.58. The van der Waals surface area contributed by atoms with Crippen LogP contribution in [0, 0.1) is 0 Å². The lowest BCUT2D eigenvalue weighted by atomic mass is 10.3. The molecule has 0 aromatic rings. The van der Waals surface area contributed by atoms with Gasteiger partial charge in [0.1, 0.15) is 0 Å². The molecule has 19 heavy (non-hydrogen) atoms. The average molecular weight is 264 g/mol. The molecule has 0 aromatic carbocycles. The van der Waals surface area contributed by atoms with Crippen LogP contribution in [0.1, 0.15) is 46.0 Å². The van der Waals surface area contributed by atoms with Gasteiger partial charge < -0.3 is 10.6 Å². The number of carbonyl (C=O) groups is 2. The molecule has 4 nitrogen and oxygen atoms in total. The van der Waals surface area contributed by atoms with E-state index in [1.165, 1.54) is 0 Å². The fourth-order valence-electron chi connectivity index (χ4n) is 1.69. The van der Waals surface area contributed by atoms with Crippen molar-refractivity contribution in [1.82, 2.24) is 10.6 Å². The van der Waals surface area contributed by atoms with E-state index in [1.54, 1.807) is 12.2 Å². The second-order valence-electron chi connectivity index (χ2n) is 4.85. The van der Waals surface area contributed by atoms with Crippen molar-refractivity contribution in [2.24, 2.45) is 0 Å². The highest BCUT2D eigenvalue weighted by molar-refractivity contribution is 5.89. The number of hydrogen-bond acceptors (Lipinski definition) is 2. The number of nitrogens with one attached hydrogen (secondary N) is 2. The molecule has 0 aliphatic heterocycles. The minimum absolute atomic E-state index is 0.0725. The van der Waals surface area contributed by atoms with Gasteiger partial charge in [-0.05, 0) is 31.4 Å². The molecule has 2 atom stereocenters. The van der Waals surface area contributed by atoms with Crippen LogP contribution in [0.4, 0.5) is 0 Å². The molecule has 1 aliphatic rings. The first kappa shape index (κ1) is 15.5. The average Bonchev–Trinajstić information content (AvgIpc) is 3.07. The molecule has 106 valence electrons. The normalized spacial score (nSPS) is 21.8. The van der Waals surface area contributed by atoms with E-state index in [2.05, 4.69) is 24.5 Å². The number of hydrogen-bond donors (Lipinski definition) is 2. The first-order chi connectivity index (χ1) is 9.17. The van der Waals surface area contributed by atoms with Crippen molar-refractivity contribution in [2.75, 3.05) is 0 Å². The van der Waals surface area contributed by atoms with Crippen LogP contribution in [0.15, 0.2) is 24.3 Å². The molecule has 0 saturated heterocycles. The molecule has 0 unspecified atom stereocenters. The van der Waals surface area contributed by atoms with Crippen molar-refractivity contribution in [2.45, 2.75) is 58.0 Å². The molecule has 0 bridgehead atoms. The fraction of sp³-hybridized carbons (Fsp3) is 0.600. The van der Waals surface area contributed by atoms with Crippen molar-refractivity contribution >= 4 is 11.8 Å². The lowest BCUT2D eigenvalue weighted by Gasteiger charge is -2.02. The molecule has 0 heterocycles. The van der Waals surface area contributed by atoms with Crippen LogP contribution in [0.5, 0.6) is 0 Å². The summed E-state index contributed by atoms with van der Waals surface area (Å²) < 4.78 is 0. The number of unbranched alkanes of at least 4 members (excludes halogenated alkanes) is 2. The monoisotopic (exact) mass is 264 g/mol. The van der Waals surface area contributed by atoms with Crippen LogP contribution in [-0.2, 0) is 9.59 Å². The van der Waals surface area contributed by atoms with Gasteiger partial charge in [0.2, 0.25) is 11.8 Å². The summed E-state index contributed by atoms with van der Waals surface area (Å²) >= 11 is 0. The molecular formula is C15H24N2O2. The van der Waals surface area contributed by atoms with Crippen LogP contribution in [0.2, 0.25) is 0 Å². The topological polar surface area (TPSA) is 58.2 Å². The van der Waals surface area contributed by atoms with Crippen molar-refractivity contribution in [3.63, 3.8) is 0 Å². The summed E-state index contributed by atoms with van der Waals surface area (Å²) in [6.45, 7) is 4.14. The summed E-state index contributed by atoms with van der Waals surface area (Å²) in [5.74, 6) is -0.145.